The summed E-state index contributed by atoms with van der Waals surface area (Å²) in [5, 5.41) is 35.1. The number of unbranched alkanes of at least 4 members (excludes halogenated alkanes) is 2. The van der Waals surface area contributed by atoms with Crippen molar-refractivity contribution in [3.8, 4) is 39.9 Å². The second kappa shape index (κ2) is 12.5. The van der Waals surface area contributed by atoms with E-state index in [0.717, 1.165) is 108 Å². The van der Waals surface area contributed by atoms with E-state index in [1.165, 1.54) is 12.0 Å². The van der Waals surface area contributed by atoms with E-state index in [1.807, 2.05) is 42.5 Å². The van der Waals surface area contributed by atoms with Crippen LogP contribution in [0.25, 0.3) is 21.9 Å². The van der Waals surface area contributed by atoms with Gasteiger partial charge in [-0.05, 0) is 90.3 Å². The molecule has 0 bridgehead atoms. The molecule has 45 heavy (non-hydrogen) atoms. The van der Waals surface area contributed by atoms with Gasteiger partial charge < -0.3 is 29.5 Å². The van der Waals surface area contributed by atoms with Gasteiger partial charge in [-0.25, -0.2) is 0 Å². The summed E-state index contributed by atoms with van der Waals surface area (Å²) in [6.45, 7) is 2.22. The minimum Gasteiger partial charge on any atom is -0.507 e. The Hall–Kier alpha value is -3.90. The summed E-state index contributed by atoms with van der Waals surface area (Å²) in [7, 11) is 1.70. The molecule has 0 radical (unpaired) electrons. The molecule has 1 heterocycles. The fraction of sp³-hybridized carbons (Fsp3) is 0.436. The molecular formula is C39H44O6. The minimum atomic E-state index is -0.781. The SMILES string of the molecule is CCCCC[C@@H]1Cc2cc(O)c3ccccc3c2-c2c(OC)cc3c(c21)C[C@@H](O)[C@H](c1ccc(O)c(OC2CCCCC2)c1)O3. The van der Waals surface area contributed by atoms with Gasteiger partial charge in [-0.3, -0.25) is 0 Å². The van der Waals surface area contributed by atoms with Gasteiger partial charge in [-0.1, -0.05) is 62.9 Å². The van der Waals surface area contributed by atoms with E-state index in [0.29, 0.717) is 17.9 Å². The van der Waals surface area contributed by atoms with Crippen molar-refractivity contribution in [3.63, 3.8) is 0 Å². The Morgan fingerprint density at radius 3 is 2.42 bits per heavy atom. The van der Waals surface area contributed by atoms with Crippen LogP contribution in [0.5, 0.6) is 28.7 Å². The molecule has 4 aromatic carbocycles. The van der Waals surface area contributed by atoms with Crippen molar-refractivity contribution in [1.29, 1.82) is 0 Å². The summed E-state index contributed by atoms with van der Waals surface area (Å²) in [5.74, 6) is 2.54. The standard InChI is InChI=1S/C39H44O6/c1-3-4-6-11-23-18-25-19-31(41)27-14-9-10-15-28(27)37(25)38-35(43-2)22-33-29(36(23)38)21-32(42)39(45-33)24-16-17-30(40)34(20-24)44-26-12-7-5-8-13-26/h9-10,14-17,19-20,22-23,26,32,39-42H,3-8,11-13,18,21H2,1-2H3/t23-,32-,39+/m1/s1. The number of aliphatic hydroxyl groups is 1. The van der Waals surface area contributed by atoms with Crippen LogP contribution in [-0.2, 0) is 12.8 Å². The van der Waals surface area contributed by atoms with Crippen molar-refractivity contribution in [3.05, 3.63) is 76.9 Å². The van der Waals surface area contributed by atoms with Crippen LogP contribution in [0, 0.1) is 0 Å². The van der Waals surface area contributed by atoms with Crippen LogP contribution in [0.1, 0.15) is 99.0 Å². The van der Waals surface area contributed by atoms with Crippen LogP contribution < -0.4 is 14.2 Å². The first-order chi connectivity index (χ1) is 22.0. The van der Waals surface area contributed by atoms with Crippen molar-refractivity contribution < 1.29 is 29.5 Å². The normalized spacial score (nSPS) is 21.0. The molecular weight excluding hydrogens is 564 g/mol. The Morgan fingerprint density at radius 1 is 0.844 bits per heavy atom. The number of aromatic hydroxyl groups is 2. The molecule has 0 unspecified atom stereocenters. The topological polar surface area (TPSA) is 88.4 Å². The lowest BCUT2D eigenvalue weighted by Crippen LogP contribution is -2.32. The lowest BCUT2D eigenvalue weighted by atomic mass is 9.71. The molecule has 2 aliphatic carbocycles. The summed E-state index contributed by atoms with van der Waals surface area (Å²) in [6, 6.07) is 17.2. The average molecular weight is 609 g/mol. The van der Waals surface area contributed by atoms with Crippen molar-refractivity contribution in [2.24, 2.45) is 0 Å². The fourth-order valence-electron chi connectivity index (χ4n) is 7.99. The maximum atomic E-state index is 11.7. The third-order valence-electron chi connectivity index (χ3n) is 10.2. The number of rotatable bonds is 8. The van der Waals surface area contributed by atoms with Crippen molar-refractivity contribution >= 4 is 10.8 Å². The zero-order valence-electron chi connectivity index (χ0n) is 26.4. The maximum absolute atomic E-state index is 11.7. The monoisotopic (exact) mass is 608 g/mol. The molecule has 0 saturated heterocycles. The predicted molar refractivity (Wildman–Crippen MR) is 177 cm³/mol. The van der Waals surface area contributed by atoms with E-state index >= 15 is 0 Å². The second-order valence-electron chi connectivity index (χ2n) is 13.1. The number of methoxy groups -OCH3 is 1. The Bertz CT molecular complexity index is 1700. The summed E-state index contributed by atoms with van der Waals surface area (Å²) >= 11 is 0. The number of phenolic OH excluding ortho intramolecular Hbond substituents is 2. The number of hydrogen-bond acceptors (Lipinski definition) is 6. The van der Waals surface area contributed by atoms with Gasteiger partial charge in [0.15, 0.2) is 11.5 Å². The molecule has 0 aromatic heterocycles. The maximum Gasteiger partial charge on any atom is 0.161 e. The number of hydrogen-bond donors (Lipinski definition) is 3. The Kier molecular flexibility index (Phi) is 8.26. The Morgan fingerprint density at radius 2 is 1.64 bits per heavy atom. The smallest absolute Gasteiger partial charge is 0.161 e. The molecule has 3 aliphatic rings. The first-order valence-corrected chi connectivity index (χ1v) is 16.8. The zero-order chi connectivity index (χ0) is 31.1. The van der Waals surface area contributed by atoms with Crippen molar-refractivity contribution in [1.82, 2.24) is 0 Å². The molecule has 6 nitrogen and oxygen atoms in total. The number of phenols is 2. The molecule has 236 valence electrons. The fourth-order valence-corrected chi connectivity index (χ4v) is 7.99. The number of ether oxygens (including phenoxy) is 3. The molecule has 1 saturated carbocycles. The molecule has 3 atom stereocenters. The highest BCUT2D eigenvalue weighted by molar-refractivity contribution is 6.04. The third-order valence-corrected chi connectivity index (χ3v) is 10.2. The molecule has 3 N–H and O–H groups in total. The Balaban J connectivity index is 1.32. The van der Waals surface area contributed by atoms with Crippen LogP contribution in [0.2, 0.25) is 0 Å². The highest BCUT2D eigenvalue weighted by Gasteiger charge is 2.39. The van der Waals surface area contributed by atoms with Crippen LogP contribution >= 0.6 is 0 Å². The summed E-state index contributed by atoms with van der Waals surface area (Å²) < 4.78 is 19.0. The highest BCUT2D eigenvalue weighted by atomic mass is 16.5. The van der Waals surface area contributed by atoms with Gasteiger partial charge in [0.05, 0.1) is 19.3 Å². The van der Waals surface area contributed by atoms with Crippen LogP contribution in [0.15, 0.2) is 54.6 Å². The third kappa shape index (κ3) is 5.48. The number of fused-ring (bicyclic) bond motifs is 7. The van der Waals surface area contributed by atoms with Gasteiger partial charge in [-0.15, -0.1) is 0 Å². The number of aliphatic hydroxyl groups excluding tert-OH is 1. The first-order valence-electron chi connectivity index (χ1n) is 16.8. The van der Waals surface area contributed by atoms with Crippen molar-refractivity contribution in [2.45, 2.75) is 102 Å². The molecule has 0 amide bonds. The number of benzene rings is 4. The average Bonchev–Trinajstić information content (AvgIpc) is 3.05. The van der Waals surface area contributed by atoms with E-state index in [4.69, 9.17) is 14.2 Å². The van der Waals surface area contributed by atoms with E-state index in [2.05, 4.69) is 13.0 Å². The molecule has 1 aliphatic heterocycles. The van der Waals surface area contributed by atoms with Gasteiger partial charge in [0.25, 0.3) is 0 Å². The molecule has 1 fully saturated rings. The second-order valence-corrected chi connectivity index (χ2v) is 13.1. The first kappa shape index (κ1) is 29.8. The predicted octanol–water partition coefficient (Wildman–Crippen LogP) is 8.90. The summed E-state index contributed by atoms with van der Waals surface area (Å²) in [6.07, 6.45) is 9.84. The van der Waals surface area contributed by atoms with Gasteiger partial charge in [0.2, 0.25) is 0 Å². The van der Waals surface area contributed by atoms with E-state index in [1.54, 1.807) is 13.2 Å². The lowest BCUT2D eigenvalue weighted by molar-refractivity contribution is 0.0199. The quantitative estimate of drug-likeness (QED) is 0.173. The van der Waals surface area contributed by atoms with Gasteiger partial charge in [0, 0.05) is 29.0 Å². The summed E-state index contributed by atoms with van der Waals surface area (Å²) in [4.78, 5) is 0. The van der Waals surface area contributed by atoms with E-state index in [9.17, 15) is 15.3 Å². The van der Waals surface area contributed by atoms with E-state index in [-0.39, 0.29) is 17.8 Å². The molecule has 4 aromatic rings. The van der Waals surface area contributed by atoms with Gasteiger partial charge in [0.1, 0.15) is 23.4 Å². The van der Waals surface area contributed by atoms with Gasteiger partial charge >= 0.3 is 0 Å². The van der Waals surface area contributed by atoms with Crippen molar-refractivity contribution in [2.75, 3.05) is 7.11 Å². The van der Waals surface area contributed by atoms with Crippen LogP contribution in [0.3, 0.4) is 0 Å². The largest absolute Gasteiger partial charge is 0.507 e. The highest BCUT2D eigenvalue weighted by Crippen LogP contribution is 2.55. The van der Waals surface area contributed by atoms with Gasteiger partial charge in [-0.2, -0.15) is 0 Å². The molecule has 0 spiro atoms. The summed E-state index contributed by atoms with van der Waals surface area (Å²) in [5.41, 5.74) is 6.30. The molecule has 7 rings (SSSR count). The Labute approximate surface area is 265 Å². The van der Waals surface area contributed by atoms with E-state index < -0.39 is 12.2 Å². The lowest BCUT2D eigenvalue weighted by Gasteiger charge is -2.38. The minimum absolute atomic E-state index is 0.0964. The van der Waals surface area contributed by atoms with Crippen LogP contribution in [0.4, 0.5) is 0 Å². The zero-order valence-corrected chi connectivity index (χ0v) is 26.4. The molecule has 6 heteroatoms. The van der Waals surface area contributed by atoms with Crippen LogP contribution in [-0.4, -0.2) is 34.6 Å².